The fourth-order valence-corrected chi connectivity index (χ4v) is 4.40. The van der Waals surface area contributed by atoms with E-state index in [0.29, 0.717) is 5.75 Å². The van der Waals surface area contributed by atoms with Crippen molar-refractivity contribution >= 4 is 20.8 Å². The molecule has 96 valence electrons. The third kappa shape index (κ3) is 5.38. The molecule has 3 atom stereocenters. The number of hydrogen-bond acceptors (Lipinski definition) is 4. The van der Waals surface area contributed by atoms with Gasteiger partial charge in [0, 0.05) is 34.9 Å². The molecule has 1 rings (SSSR count). The Morgan fingerprint density at radius 2 is 2.25 bits per heavy atom. The van der Waals surface area contributed by atoms with Crippen LogP contribution in [0.3, 0.4) is 0 Å². The zero-order chi connectivity index (χ0) is 12.2. The molecule has 3 unspecified atom stereocenters. The molecule has 1 aliphatic rings. The highest BCUT2D eigenvalue weighted by atomic mass is 32.2. The minimum absolute atomic E-state index is 0.0665. The van der Waals surface area contributed by atoms with Crippen molar-refractivity contribution < 1.29 is 12.6 Å². The first-order valence-electron chi connectivity index (χ1n) is 5.42. The predicted molar refractivity (Wildman–Crippen MR) is 66.3 cm³/mol. The van der Waals surface area contributed by atoms with E-state index in [-0.39, 0.29) is 17.8 Å². The maximum Gasteiger partial charge on any atom is 0.213 e. The number of nitrogens with one attached hydrogen (secondary N) is 2. The minimum atomic E-state index is -3.26. The van der Waals surface area contributed by atoms with Crippen LogP contribution in [-0.4, -0.2) is 49.0 Å². The summed E-state index contributed by atoms with van der Waals surface area (Å²) in [6.07, 6.45) is 3.52. The van der Waals surface area contributed by atoms with Gasteiger partial charge in [-0.3, -0.25) is 4.21 Å². The summed E-state index contributed by atoms with van der Waals surface area (Å²) in [6.45, 7) is 2.63. The first kappa shape index (κ1) is 14.1. The van der Waals surface area contributed by atoms with E-state index in [1.165, 1.54) is 0 Å². The van der Waals surface area contributed by atoms with Gasteiger partial charge in [0.05, 0.1) is 5.75 Å². The van der Waals surface area contributed by atoms with E-state index in [1.807, 2.05) is 0 Å². The number of hydrogen-bond donors (Lipinski definition) is 2. The second-order valence-corrected chi connectivity index (χ2v) is 7.61. The van der Waals surface area contributed by atoms with Gasteiger partial charge in [-0.15, -0.1) is 0 Å². The van der Waals surface area contributed by atoms with Gasteiger partial charge in [0.1, 0.15) is 0 Å². The van der Waals surface area contributed by atoms with Crippen LogP contribution >= 0.6 is 0 Å². The largest absolute Gasteiger partial charge is 0.313 e. The predicted octanol–water partition coefficient (Wildman–Crippen LogP) is -0.575. The van der Waals surface area contributed by atoms with Crippen LogP contribution in [0.15, 0.2) is 0 Å². The molecule has 0 aromatic rings. The smallest absolute Gasteiger partial charge is 0.213 e. The van der Waals surface area contributed by atoms with Crippen LogP contribution in [0.5, 0.6) is 0 Å². The van der Waals surface area contributed by atoms with E-state index >= 15 is 0 Å². The molecule has 0 bridgehead atoms. The SMILES string of the molecule is CC(CS(C)=O)NS(=O)(=O)CC1CCCN1. The van der Waals surface area contributed by atoms with Crippen molar-refractivity contribution in [1.82, 2.24) is 10.0 Å². The first-order valence-corrected chi connectivity index (χ1v) is 8.80. The Kier molecular flexibility index (Phi) is 5.36. The highest BCUT2D eigenvalue weighted by Gasteiger charge is 2.23. The quantitative estimate of drug-likeness (QED) is 0.676. The lowest BCUT2D eigenvalue weighted by atomic mass is 10.3. The van der Waals surface area contributed by atoms with Gasteiger partial charge in [-0.1, -0.05) is 0 Å². The van der Waals surface area contributed by atoms with Gasteiger partial charge in [0.15, 0.2) is 0 Å². The van der Waals surface area contributed by atoms with Gasteiger partial charge in [-0.05, 0) is 26.3 Å². The summed E-state index contributed by atoms with van der Waals surface area (Å²) < 4.78 is 37.0. The Morgan fingerprint density at radius 1 is 1.56 bits per heavy atom. The van der Waals surface area contributed by atoms with Gasteiger partial charge in [0.25, 0.3) is 0 Å². The van der Waals surface area contributed by atoms with Crippen LogP contribution in [-0.2, 0) is 20.8 Å². The molecule has 2 N–H and O–H groups in total. The van der Waals surface area contributed by atoms with Crippen molar-refractivity contribution in [2.75, 3.05) is 24.3 Å². The Morgan fingerprint density at radius 3 is 2.75 bits per heavy atom. The Labute approximate surface area is 99.9 Å². The number of sulfonamides is 1. The molecule has 7 heteroatoms. The van der Waals surface area contributed by atoms with Crippen molar-refractivity contribution in [3.8, 4) is 0 Å². The molecular weight excluding hydrogens is 248 g/mol. The fourth-order valence-electron chi connectivity index (χ4n) is 1.90. The zero-order valence-electron chi connectivity index (χ0n) is 9.73. The van der Waals surface area contributed by atoms with Crippen molar-refractivity contribution in [2.24, 2.45) is 0 Å². The molecule has 1 fully saturated rings. The van der Waals surface area contributed by atoms with Crippen LogP contribution in [0, 0.1) is 0 Å². The third-order valence-corrected chi connectivity index (χ3v) is 5.02. The zero-order valence-corrected chi connectivity index (χ0v) is 11.4. The van der Waals surface area contributed by atoms with Crippen molar-refractivity contribution in [3.63, 3.8) is 0 Å². The summed E-state index contributed by atoms with van der Waals surface area (Å²) in [5, 5.41) is 3.15. The van der Waals surface area contributed by atoms with E-state index in [2.05, 4.69) is 10.0 Å². The monoisotopic (exact) mass is 268 g/mol. The molecule has 0 aromatic carbocycles. The average Bonchev–Trinajstić information content (AvgIpc) is 2.51. The van der Waals surface area contributed by atoms with Gasteiger partial charge >= 0.3 is 0 Å². The molecule has 0 radical (unpaired) electrons. The summed E-state index contributed by atoms with van der Waals surface area (Å²) in [5.41, 5.74) is 0. The lowest BCUT2D eigenvalue weighted by Gasteiger charge is -2.15. The number of rotatable bonds is 6. The highest BCUT2D eigenvalue weighted by molar-refractivity contribution is 7.89. The standard InChI is InChI=1S/C9H20N2O3S2/c1-8(6-15(2)12)11-16(13,14)7-9-4-3-5-10-9/h8-11H,3-7H2,1-2H3. The lowest BCUT2D eigenvalue weighted by molar-refractivity contribution is 0.554. The maximum absolute atomic E-state index is 11.7. The first-order chi connectivity index (χ1) is 7.39. The van der Waals surface area contributed by atoms with Crippen LogP contribution in [0.2, 0.25) is 0 Å². The van der Waals surface area contributed by atoms with Crippen molar-refractivity contribution in [3.05, 3.63) is 0 Å². The summed E-state index contributed by atoms with van der Waals surface area (Å²) in [4.78, 5) is 0. The van der Waals surface area contributed by atoms with Gasteiger partial charge in [-0.25, -0.2) is 13.1 Å². The normalized spacial score (nSPS) is 25.5. The summed E-state index contributed by atoms with van der Waals surface area (Å²) >= 11 is 0. The molecule has 5 nitrogen and oxygen atoms in total. The van der Waals surface area contributed by atoms with Crippen molar-refractivity contribution in [1.29, 1.82) is 0 Å². The topological polar surface area (TPSA) is 75.3 Å². The van der Waals surface area contributed by atoms with Gasteiger partial charge in [-0.2, -0.15) is 0 Å². The van der Waals surface area contributed by atoms with Gasteiger partial charge < -0.3 is 5.32 Å². The summed E-state index contributed by atoms with van der Waals surface area (Å²) in [6, 6.07) is -0.200. The third-order valence-electron chi connectivity index (χ3n) is 2.45. The van der Waals surface area contributed by atoms with E-state index < -0.39 is 20.8 Å². The van der Waals surface area contributed by atoms with Crippen molar-refractivity contribution in [2.45, 2.75) is 31.8 Å². The van der Waals surface area contributed by atoms with Crippen LogP contribution in [0.4, 0.5) is 0 Å². The highest BCUT2D eigenvalue weighted by Crippen LogP contribution is 2.07. The maximum atomic E-state index is 11.7. The van der Waals surface area contributed by atoms with E-state index in [1.54, 1.807) is 13.2 Å². The molecule has 16 heavy (non-hydrogen) atoms. The molecule has 0 aliphatic carbocycles. The van der Waals surface area contributed by atoms with Crippen LogP contribution < -0.4 is 10.0 Å². The molecule has 1 heterocycles. The molecule has 0 spiro atoms. The Balaban J connectivity index is 2.41. The lowest BCUT2D eigenvalue weighted by Crippen LogP contribution is -2.42. The van der Waals surface area contributed by atoms with Crippen LogP contribution in [0.1, 0.15) is 19.8 Å². The fraction of sp³-hybridized carbons (Fsp3) is 1.00. The van der Waals surface area contributed by atoms with Crippen LogP contribution in [0.25, 0.3) is 0 Å². The summed E-state index contributed by atoms with van der Waals surface area (Å²) in [7, 11) is -4.23. The van der Waals surface area contributed by atoms with E-state index in [9.17, 15) is 12.6 Å². The van der Waals surface area contributed by atoms with Gasteiger partial charge in [0.2, 0.25) is 10.0 Å². The molecule has 0 amide bonds. The Bertz CT molecular complexity index is 337. The summed E-state index contributed by atoms with van der Waals surface area (Å²) in [5.74, 6) is 0.477. The molecular formula is C9H20N2O3S2. The van der Waals surface area contributed by atoms with E-state index in [4.69, 9.17) is 0 Å². The molecule has 1 saturated heterocycles. The molecule has 1 aliphatic heterocycles. The second-order valence-electron chi connectivity index (χ2n) is 4.33. The Hall–Kier alpha value is 0.0200. The molecule has 0 saturated carbocycles. The van der Waals surface area contributed by atoms with E-state index in [0.717, 1.165) is 19.4 Å². The second kappa shape index (κ2) is 6.09. The average molecular weight is 268 g/mol. The molecule has 0 aromatic heterocycles. The minimum Gasteiger partial charge on any atom is -0.313 e.